The highest BCUT2D eigenvalue weighted by Crippen LogP contribution is 2.35. The van der Waals surface area contributed by atoms with Gasteiger partial charge in [-0.25, -0.2) is 9.55 Å². The average molecular weight is 421 g/mol. The summed E-state index contributed by atoms with van der Waals surface area (Å²) in [5.74, 6) is 1.42. The minimum atomic E-state index is -0.0871. The predicted molar refractivity (Wildman–Crippen MR) is 130 cm³/mol. The van der Waals surface area contributed by atoms with Crippen molar-refractivity contribution in [1.29, 1.82) is 0 Å². The number of anilines is 1. The van der Waals surface area contributed by atoms with E-state index < -0.39 is 0 Å². The Kier molecular flexibility index (Phi) is 5.07. The van der Waals surface area contributed by atoms with Crippen LogP contribution < -0.4 is 10.5 Å². The summed E-state index contributed by atoms with van der Waals surface area (Å²) in [7, 11) is 3.90. The molecule has 5 rings (SSSR count). The lowest BCUT2D eigenvalue weighted by atomic mass is 10.1. The van der Waals surface area contributed by atoms with Crippen molar-refractivity contribution >= 4 is 5.82 Å². The Morgan fingerprint density at radius 3 is 1.88 bits per heavy atom. The molecule has 158 valence electrons. The maximum Gasteiger partial charge on any atom is 0.280 e. The van der Waals surface area contributed by atoms with Crippen LogP contribution in [0.25, 0.3) is 28.3 Å². The number of H-pyrrole nitrogens is 1. The third-order valence-electron chi connectivity index (χ3n) is 5.57. The zero-order valence-corrected chi connectivity index (χ0v) is 18.1. The summed E-state index contributed by atoms with van der Waals surface area (Å²) in [6, 6.07) is 30.1. The number of aromatic amines is 1. The first-order valence-electron chi connectivity index (χ1n) is 10.6. The molecule has 0 amide bonds. The van der Waals surface area contributed by atoms with Crippen molar-refractivity contribution in [3.05, 3.63) is 113 Å². The summed E-state index contributed by atoms with van der Waals surface area (Å²) in [6.07, 6.45) is 0.489. The molecule has 32 heavy (non-hydrogen) atoms. The summed E-state index contributed by atoms with van der Waals surface area (Å²) in [5.41, 5.74) is 5.21. The van der Waals surface area contributed by atoms with Gasteiger partial charge in [-0.2, -0.15) is 0 Å². The van der Waals surface area contributed by atoms with Gasteiger partial charge < -0.3 is 9.88 Å². The Balaban J connectivity index is 1.83. The highest BCUT2D eigenvalue weighted by atomic mass is 16.1. The lowest BCUT2D eigenvalue weighted by Crippen LogP contribution is -2.25. The van der Waals surface area contributed by atoms with E-state index in [2.05, 4.69) is 4.98 Å². The lowest BCUT2D eigenvalue weighted by Gasteiger charge is -2.24. The first-order chi connectivity index (χ1) is 15.6. The number of imidazole rings is 1. The van der Waals surface area contributed by atoms with E-state index in [-0.39, 0.29) is 5.56 Å². The van der Waals surface area contributed by atoms with Crippen molar-refractivity contribution < 1.29 is 0 Å². The molecule has 0 fully saturated rings. The number of benzene rings is 3. The van der Waals surface area contributed by atoms with Crippen molar-refractivity contribution in [1.82, 2.24) is 14.5 Å². The quantitative estimate of drug-likeness (QED) is 0.436. The smallest absolute Gasteiger partial charge is 0.280 e. The van der Waals surface area contributed by atoms with Crippen LogP contribution in [0.1, 0.15) is 11.3 Å². The molecule has 0 atom stereocenters. The maximum absolute atomic E-state index is 13.7. The van der Waals surface area contributed by atoms with Crippen LogP contribution in [0.3, 0.4) is 0 Å². The molecule has 2 aliphatic heterocycles. The first kappa shape index (κ1) is 19.8. The van der Waals surface area contributed by atoms with Gasteiger partial charge in [0.05, 0.1) is 11.4 Å². The van der Waals surface area contributed by atoms with Gasteiger partial charge in [-0.05, 0) is 5.56 Å². The number of hydrogen-bond donors (Lipinski definition) is 1. The van der Waals surface area contributed by atoms with E-state index in [1.54, 1.807) is 4.57 Å². The Morgan fingerprint density at radius 2 is 1.31 bits per heavy atom. The highest BCUT2D eigenvalue weighted by molar-refractivity contribution is 5.80. The predicted octanol–water partition coefficient (Wildman–Crippen LogP) is 4.99. The molecule has 0 unspecified atom stereocenters. The number of rotatable bonds is 5. The average Bonchev–Trinajstić information content (AvgIpc) is 3.15. The van der Waals surface area contributed by atoms with E-state index in [0.717, 1.165) is 33.9 Å². The monoisotopic (exact) mass is 420 g/mol. The van der Waals surface area contributed by atoms with Crippen molar-refractivity contribution in [2.75, 3.05) is 19.0 Å². The summed E-state index contributed by atoms with van der Waals surface area (Å²) < 4.78 is 1.75. The van der Waals surface area contributed by atoms with E-state index in [4.69, 9.17) is 4.98 Å². The van der Waals surface area contributed by atoms with Crippen LogP contribution in [0, 0.1) is 0 Å². The van der Waals surface area contributed by atoms with Crippen LogP contribution in [0.4, 0.5) is 5.82 Å². The fourth-order valence-corrected chi connectivity index (χ4v) is 4.10. The molecule has 2 heterocycles. The highest BCUT2D eigenvalue weighted by Gasteiger charge is 2.26. The second-order valence-corrected chi connectivity index (χ2v) is 8.01. The number of nitrogens with one attached hydrogen (secondary N) is 1. The molecule has 3 aromatic rings. The van der Waals surface area contributed by atoms with Crippen LogP contribution in [0.15, 0.2) is 95.8 Å². The minimum Gasteiger partial charge on any atom is -0.362 e. The fraction of sp³-hybridized carbons (Fsp3) is 0.111. The van der Waals surface area contributed by atoms with Gasteiger partial charge in [0.2, 0.25) is 0 Å². The van der Waals surface area contributed by atoms with Crippen LogP contribution >= 0.6 is 0 Å². The largest absolute Gasteiger partial charge is 0.362 e. The van der Waals surface area contributed by atoms with Crippen molar-refractivity contribution in [2.45, 2.75) is 6.42 Å². The summed E-state index contributed by atoms with van der Waals surface area (Å²) in [6.45, 7) is 0. The topological polar surface area (TPSA) is 53.9 Å². The molecule has 0 aliphatic carbocycles. The van der Waals surface area contributed by atoms with E-state index in [0.29, 0.717) is 17.9 Å². The molecule has 5 nitrogen and oxygen atoms in total. The van der Waals surface area contributed by atoms with E-state index in [1.807, 2.05) is 110 Å². The molecule has 0 saturated heterocycles. The SMILES string of the molecule is CN(C)c1c(-c2ccccc2)[nH]c(-c2ccccc2)c2nc(Cc3ccccc3)c(=O)n1-2. The van der Waals surface area contributed by atoms with Crippen molar-refractivity contribution in [3.8, 4) is 28.3 Å². The Bertz CT molecular complexity index is 1370. The first-order valence-corrected chi connectivity index (χ1v) is 10.6. The third-order valence-corrected chi connectivity index (χ3v) is 5.57. The van der Waals surface area contributed by atoms with E-state index in [1.165, 1.54) is 0 Å². The third kappa shape index (κ3) is 3.48. The Morgan fingerprint density at radius 1 is 0.781 bits per heavy atom. The van der Waals surface area contributed by atoms with Gasteiger partial charge in [0, 0.05) is 31.6 Å². The Labute approximate surface area is 187 Å². The lowest BCUT2D eigenvalue weighted by molar-refractivity contribution is 0.918. The zero-order chi connectivity index (χ0) is 22.1. The summed E-state index contributed by atoms with van der Waals surface area (Å²) >= 11 is 0. The van der Waals surface area contributed by atoms with Gasteiger partial charge in [0.15, 0.2) is 5.82 Å². The molecule has 0 spiro atoms. The van der Waals surface area contributed by atoms with Crippen molar-refractivity contribution in [2.24, 2.45) is 0 Å². The molecular weight excluding hydrogens is 396 g/mol. The molecule has 3 aromatic carbocycles. The zero-order valence-electron chi connectivity index (χ0n) is 18.1. The molecule has 0 radical (unpaired) electrons. The molecule has 1 N–H and O–H groups in total. The van der Waals surface area contributed by atoms with Crippen LogP contribution in [0.2, 0.25) is 0 Å². The molecule has 2 aliphatic rings. The van der Waals surface area contributed by atoms with E-state index >= 15 is 0 Å². The van der Waals surface area contributed by atoms with Gasteiger partial charge in [-0.3, -0.25) is 4.79 Å². The fourth-order valence-electron chi connectivity index (χ4n) is 4.10. The van der Waals surface area contributed by atoms with Crippen LogP contribution in [-0.4, -0.2) is 28.6 Å². The molecule has 0 bridgehead atoms. The Hall–Kier alpha value is -4.12. The summed E-state index contributed by atoms with van der Waals surface area (Å²) in [4.78, 5) is 24.1. The van der Waals surface area contributed by atoms with Gasteiger partial charge >= 0.3 is 0 Å². The van der Waals surface area contributed by atoms with Gasteiger partial charge in [0.1, 0.15) is 11.5 Å². The standard InChI is InChI=1S/C27H24N4O/c1-30(2)26-24(21-16-10-5-11-17-21)29-23(20-14-8-4-9-15-20)25-28-22(27(32)31(25)26)18-19-12-6-3-7-13-19/h3-17,29H,18H2,1-2H3. The molecule has 5 heteroatoms. The molecular formula is C27H24N4O. The second-order valence-electron chi connectivity index (χ2n) is 8.01. The van der Waals surface area contributed by atoms with Crippen molar-refractivity contribution in [3.63, 3.8) is 0 Å². The number of aromatic nitrogens is 3. The minimum absolute atomic E-state index is 0.0871. The molecule has 0 saturated carbocycles. The molecule has 0 aromatic heterocycles. The van der Waals surface area contributed by atoms with Crippen LogP contribution in [-0.2, 0) is 6.42 Å². The summed E-state index contributed by atoms with van der Waals surface area (Å²) in [5, 5.41) is 0. The number of fused-ring (bicyclic) bond motifs is 1. The van der Waals surface area contributed by atoms with Crippen LogP contribution in [0.5, 0.6) is 0 Å². The number of nitrogens with zero attached hydrogens (tertiary/aromatic N) is 3. The second kappa shape index (κ2) is 8.19. The van der Waals surface area contributed by atoms with Gasteiger partial charge in [-0.15, -0.1) is 0 Å². The van der Waals surface area contributed by atoms with Gasteiger partial charge in [-0.1, -0.05) is 91.0 Å². The van der Waals surface area contributed by atoms with Gasteiger partial charge in [0.25, 0.3) is 5.56 Å². The van der Waals surface area contributed by atoms with E-state index in [9.17, 15) is 4.79 Å². The normalized spacial score (nSPS) is 11.1. The maximum atomic E-state index is 13.7. The number of hydrogen-bond acceptors (Lipinski definition) is 3.